The third kappa shape index (κ3) is 3.71. The first-order valence-electron chi connectivity index (χ1n) is 4.31. The molecule has 1 aliphatic rings. The Balaban J connectivity index is 2.24. The number of nitrogens with zero attached hydrogens (tertiary/aromatic N) is 1. The molecule has 1 fully saturated rings. The Morgan fingerprint density at radius 2 is 1.91 bits per heavy atom. The maximum Gasteiger partial charge on any atom is 0.118 e. The second-order valence-corrected chi connectivity index (χ2v) is 3.86. The number of likely N-dealkylation sites (tertiary alicyclic amines) is 1. The number of rotatable bonds is 2. The first-order valence-corrected chi connectivity index (χ1v) is 4.31. The summed E-state index contributed by atoms with van der Waals surface area (Å²) in [6.07, 6.45) is 4.52. The van der Waals surface area contributed by atoms with Crippen molar-refractivity contribution in [2.75, 3.05) is 19.6 Å². The summed E-state index contributed by atoms with van der Waals surface area (Å²) >= 11 is 0. The second kappa shape index (κ2) is 3.53. The average Bonchev–Trinajstić information content (AvgIpc) is 1.85. The standard InChI is InChI=1S/C9H17FN/c1-9(2,10)8-11-6-4-3-5-7-11/h3H,4-8H2,1-2H3. The number of hydrogen-bond donors (Lipinski definition) is 0. The molecule has 0 atom stereocenters. The number of halogens is 1. The summed E-state index contributed by atoms with van der Waals surface area (Å²) in [5, 5.41) is 0. The fraction of sp³-hybridized carbons (Fsp3) is 0.889. The van der Waals surface area contributed by atoms with Gasteiger partial charge >= 0.3 is 0 Å². The fourth-order valence-electron chi connectivity index (χ4n) is 1.49. The van der Waals surface area contributed by atoms with Crippen molar-refractivity contribution in [3.63, 3.8) is 0 Å². The third-order valence-electron chi connectivity index (χ3n) is 1.90. The van der Waals surface area contributed by atoms with E-state index in [0.717, 1.165) is 25.9 Å². The lowest BCUT2D eigenvalue weighted by Crippen LogP contribution is -2.39. The molecule has 0 bridgehead atoms. The molecule has 0 spiro atoms. The van der Waals surface area contributed by atoms with Gasteiger partial charge in [0.15, 0.2) is 0 Å². The first-order chi connectivity index (χ1) is 5.08. The highest BCUT2D eigenvalue weighted by atomic mass is 19.1. The van der Waals surface area contributed by atoms with E-state index in [-0.39, 0.29) is 0 Å². The van der Waals surface area contributed by atoms with Crippen LogP contribution in [-0.4, -0.2) is 30.2 Å². The Bertz CT molecular complexity index is 111. The van der Waals surface area contributed by atoms with Gasteiger partial charge in [-0.25, -0.2) is 4.39 Å². The van der Waals surface area contributed by atoms with E-state index in [1.807, 2.05) is 0 Å². The van der Waals surface area contributed by atoms with Crippen LogP contribution in [0, 0.1) is 6.42 Å². The van der Waals surface area contributed by atoms with Crippen molar-refractivity contribution < 1.29 is 4.39 Å². The van der Waals surface area contributed by atoms with Gasteiger partial charge in [-0.2, -0.15) is 0 Å². The van der Waals surface area contributed by atoms with E-state index >= 15 is 0 Å². The van der Waals surface area contributed by atoms with Crippen LogP contribution in [0.3, 0.4) is 0 Å². The molecular weight excluding hydrogens is 141 g/mol. The van der Waals surface area contributed by atoms with Crippen LogP contribution >= 0.6 is 0 Å². The molecule has 65 valence electrons. The summed E-state index contributed by atoms with van der Waals surface area (Å²) in [5.74, 6) is 0. The molecule has 0 N–H and O–H groups in total. The summed E-state index contributed by atoms with van der Waals surface area (Å²) in [4.78, 5) is 2.19. The zero-order valence-corrected chi connectivity index (χ0v) is 7.44. The molecule has 0 aromatic rings. The molecule has 1 aliphatic heterocycles. The zero-order chi connectivity index (χ0) is 8.32. The minimum absolute atomic E-state index is 0.584. The highest BCUT2D eigenvalue weighted by molar-refractivity contribution is 4.80. The maximum atomic E-state index is 13.1. The van der Waals surface area contributed by atoms with Crippen molar-refractivity contribution in [1.82, 2.24) is 4.90 Å². The van der Waals surface area contributed by atoms with Crippen molar-refractivity contribution in [3.8, 4) is 0 Å². The van der Waals surface area contributed by atoms with Crippen LogP contribution in [0.2, 0.25) is 0 Å². The SMILES string of the molecule is CC(C)(F)CN1CC[CH]CC1. The average molecular weight is 158 g/mol. The Kier molecular flexibility index (Phi) is 2.88. The van der Waals surface area contributed by atoms with Crippen LogP contribution in [0.1, 0.15) is 26.7 Å². The molecule has 1 radical (unpaired) electrons. The van der Waals surface area contributed by atoms with Crippen LogP contribution in [0.5, 0.6) is 0 Å². The largest absolute Gasteiger partial charge is 0.300 e. The highest BCUT2D eigenvalue weighted by Gasteiger charge is 2.21. The topological polar surface area (TPSA) is 3.24 Å². The van der Waals surface area contributed by atoms with Gasteiger partial charge in [-0.1, -0.05) is 0 Å². The van der Waals surface area contributed by atoms with Crippen molar-refractivity contribution in [2.45, 2.75) is 32.4 Å². The predicted octanol–water partition coefficient (Wildman–Crippen LogP) is 2.03. The van der Waals surface area contributed by atoms with Crippen molar-refractivity contribution in [3.05, 3.63) is 6.42 Å². The van der Waals surface area contributed by atoms with Crippen molar-refractivity contribution >= 4 is 0 Å². The molecule has 1 nitrogen and oxygen atoms in total. The molecule has 1 heterocycles. The van der Waals surface area contributed by atoms with Crippen molar-refractivity contribution in [2.24, 2.45) is 0 Å². The number of piperidine rings is 1. The van der Waals surface area contributed by atoms with E-state index in [1.165, 1.54) is 0 Å². The summed E-state index contributed by atoms with van der Waals surface area (Å²) in [6.45, 7) is 5.94. The summed E-state index contributed by atoms with van der Waals surface area (Å²) in [6, 6.07) is 0. The molecule has 0 unspecified atom stereocenters. The van der Waals surface area contributed by atoms with E-state index < -0.39 is 5.67 Å². The summed E-state index contributed by atoms with van der Waals surface area (Å²) < 4.78 is 13.1. The fourth-order valence-corrected chi connectivity index (χ4v) is 1.49. The molecule has 0 amide bonds. The Morgan fingerprint density at radius 1 is 1.36 bits per heavy atom. The minimum Gasteiger partial charge on any atom is -0.300 e. The van der Waals surface area contributed by atoms with Gasteiger partial charge in [0, 0.05) is 6.54 Å². The quantitative estimate of drug-likeness (QED) is 0.594. The number of hydrogen-bond acceptors (Lipinski definition) is 1. The molecule has 0 aromatic heterocycles. The summed E-state index contributed by atoms with van der Waals surface area (Å²) in [5.41, 5.74) is -1.03. The smallest absolute Gasteiger partial charge is 0.118 e. The highest BCUT2D eigenvalue weighted by Crippen LogP contribution is 2.14. The van der Waals surface area contributed by atoms with Gasteiger partial charge < -0.3 is 4.90 Å². The zero-order valence-electron chi connectivity index (χ0n) is 7.44. The monoisotopic (exact) mass is 158 g/mol. The van der Waals surface area contributed by atoms with E-state index in [4.69, 9.17) is 0 Å². The van der Waals surface area contributed by atoms with E-state index in [0.29, 0.717) is 6.54 Å². The van der Waals surface area contributed by atoms with Gasteiger partial charge in [-0.3, -0.25) is 0 Å². The van der Waals surface area contributed by atoms with Crippen LogP contribution < -0.4 is 0 Å². The van der Waals surface area contributed by atoms with E-state index in [9.17, 15) is 4.39 Å². The van der Waals surface area contributed by atoms with E-state index in [2.05, 4.69) is 11.3 Å². The molecule has 2 heteroatoms. The lowest BCUT2D eigenvalue weighted by molar-refractivity contribution is 0.119. The minimum atomic E-state index is -1.03. The Morgan fingerprint density at radius 3 is 2.36 bits per heavy atom. The molecule has 0 saturated carbocycles. The van der Waals surface area contributed by atoms with Gasteiger partial charge in [-0.05, 0) is 46.2 Å². The van der Waals surface area contributed by atoms with Gasteiger partial charge in [0.2, 0.25) is 0 Å². The first kappa shape index (κ1) is 8.98. The second-order valence-electron chi connectivity index (χ2n) is 3.86. The van der Waals surface area contributed by atoms with Crippen LogP contribution in [-0.2, 0) is 0 Å². The molecular formula is C9H17FN. The van der Waals surface area contributed by atoms with Crippen molar-refractivity contribution in [1.29, 1.82) is 0 Å². The third-order valence-corrected chi connectivity index (χ3v) is 1.90. The lowest BCUT2D eigenvalue weighted by Gasteiger charge is -2.30. The van der Waals surface area contributed by atoms with Gasteiger partial charge in [0.25, 0.3) is 0 Å². The van der Waals surface area contributed by atoms with Crippen LogP contribution in [0.4, 0.5) is 4.39 Å². The molecule has 11 heavy (non-hydrogen) atoms. The van der Waals surface area contributed by atoms with Gasteiger partial charge in [-0.15, -0.1) is 0 Å². The molecule has 0 aromatic carbocycles. The Labute approximate surface area is 68.6 Å². The Hall–Kier alpha value is -0.110. The molecule has 0 aliphatic carbocycles. The van der Waals surface area contributed by atoms with Gasteiger partial charge in [0.1, 0.15) is 5.67 Å². The maximum absolute atomic E-state index is 13.1. The van der Waals surface area contributed by atoms with E-state index in [1.54, 1.807) is 13.8 Å². The molecule has 1 saturated heterocycles. The molecule has 1 rings (SSSR count). The lowest BCUT2D eigenvalue weighted by atomic mass is 10.1. The van der Waals surface area contributed by atoms with Gasteiger partial charge in [0.05, 0.1) is 0 Å². The van der Waals surface area contributed by atoms with Crippen LogP contribution in [0.15, 0.2) is 0 Å². The predicted molar refractivity (Wildman–Crippen MR) is 45.2 cm³/mol. The number of alkyl halides is 1. The normalized spacial score (nSPS) is 22.1. The van der Waals surface area contributed by atoms with Crippen LogP contribution in [0.25, 0.3) is 0 Å². The summed E-state index contributed by atoms with van der Waals surface area (Å²) in [7, 11) is 0.